The second-order valence-electron chi connectivity index (χ2n) is 6.95. The number of halogens is 1. The average Bonchev–Trinajstić information content (AvgIpc) is 2.88. The highest BCUT2D eigenvalue weighted by Gasteiger charge is 2.16. The van der Waals surface area contributed by atoms with Crippen LogP contribution in [0.1, 0.15) is 49.1 Å². The predicted molar refractivity (Wildman–Crippen MR) is 107 cm³/mol. The van der Waals surface area contributed by atoms with Crippen LogP contribution in [-0.2, 0) is 19.5 Å². The molecule has 0 aliphatic rings. The Morgan fingerprint density at radius 1 is 1.12 bits per heavy atom. The summed E-state index contributed by atoms with van der Waals surface area (Å²) in [6.45, 7) is 10.2. The van der Waals surface area contributed by atoms with Gasteiger partial charge in [0.2, 0.25) is 0 Å². The van der Waals surface area contributed by atoms with E-state index in [4.69, 9.17) is 0 Å². The normalized spacial score (nSPS) is 11.3. The Bertz CT molecular complexity index is 911. The second kappa shape index (κ2) is 7.90. The van der Waals surface area contributed by atoms with Gasteiger partial charge in [0.05, 0.1) is 5.52 Å². The summed E-state index contributed by atoms with van der Waals surface area (Å²) in [5.74, 6) is 0.716. The molecular weight excluding hydrogens is 325 g/mol. The summed E-state index contributed by atoms with van der Waals surface area (Å²) >= 11 is 0. The van der Waals surface area contributed by atoms with E-state index < -0.39 is 0 Å². The van der Waals surface area contributed by atoms with Gasteiger partial charge in [-0.3, -0.25) is 0 Å². The molecule has 3 aromatic rings. The standard InChI is InChI=1S/C22H28FN3/c1-5-7-19-16(4)26(12-6-2)21-20(19)10-11-24-22(21)25-14-17-8-9-18(23)13-15(17)3/h8-11,13H,5-7,12,14H2,1-4H3,(H,24,25). The maximum absolute atomic E-state index is 13.3. The van der Waals surface area contributed by atoms with Gasteiger partial charge in [0.15, 0.2) is 5.82 Å². The van der Waals surface area contributed by atoms with Gasteiger partial charge in [-0.15, -0.1) is 0 Å². The lowest BCUT2D eigenvalue weighted by molar-refractivity contribution is 0.625. The van der Waals surface area contributed by atoms with E-state index in [0.29, 0.717) is 6.54 Å². The van der Waals surface area contributed by atoms with Crippen molar-refractivity contribution in [1.29, 1.82) is 0 Å². The van der Waals surface area contributed by atoms with Crippen molar-refractivity contribution in [2.45, 2.75) is 60.0 Å². The number of anilines is 1. The first kappa shape index (κ1) is 18.4. The van der Waals surface area contributed by atoms with Gasteiger partial charge in [-0.2, -0.15) is 0 Å². The van der Waals surface area contributed by atoms with Gasteiger partial charge in [-0.1, -0.05) is 26.3 Å². The number of fused-ring (bicyclic) bond motifs is 1. The van der Waals surface area contributed by atoms with E-state index in [2.05, 4.69) is 41.7 Å². The predicted octanol–water partition coefficient (Wildman–Crippen LogP) is 5.77. The minimum Gasteiger partial charge on any atom is -0.364 e. The van der Waals surface area contributed by atoms with Crippen LogP contribution in [0.3, 0.4) is 0 Å². The molecule has 2 heterocycles. The number of pyridine rings is 1. The van der Waals surface area contributed by atoms with Crippen molar-refractivity contribution in [3.05, 3.63) is 58.7 Å². The van der Waals surface area contributed by atoms with Crippen molar-refractivity contribution in [3.8, 4) is 0 Å². The van der Waals surface area contributed by atoms with Crippen LogP contribution in [0.4, 0.5) is 10.2 Å². The molecular formula is C22H28FN3. The SMILES string of the molecule is CCCc1c(C)n(CCC)c2c(NCc3ccc(F)cc3C)nccc12. The highest BCUT2D eigenvalue weighted by Crippen LogP contribution is 2.31. The lowest BCUT2D eigenvalue weighted by atomic mass is 10.1. The van der Waals surface area contributed by atoms with Gasteiger partial charge in [0.25, 0.3) is 0 Å². The molecule has 0 saturated heterocycles. The largest absolute Gasteiger partial charge is 0.364 e. The zero-order valence-electron chi connectivity index (χ0n) is 16.2. The molecule has 4 heteroatoms. The van der Waals surface area contributed by atoms with E-state index in [-0.39, 0.29) is 5.82 Å². The molecule has 3 nitrogen and oxygen atoms in total. The second-order valence-corrected chi connectivity index (χ2v) is 6.95. The van der Waals surface area contributed by atoms with Crippen LogP contribution in [0.15, 0.2) is 30.5 Å². The number of hydrogen-bond acceptors (Lipinski definition) is 2. The number of benzene rings is 1. The lowest BCUT2D eigenvalue weighted by Gasteiger charge is -2.12. The van der Waals surface area contributed by atoms with Crippen LogP contribution in [0.25, 0.3) is 10.9 Å². The molecule has 0 unspecified atom stereocenters. The Kier molecular flexibility index (Phi) is 5.60. The van der Waals surface area contributed by atoms with E-state index in [0.717, 1.165) is 42.8 Å². The first-order valence-electron chi connectivity index (χ1n) is 9.52. The lowest BCUT2D eigenvalue weighted by Crippen LogP contribution is -2.07. The van der Waals surface area contributed by atoms with E-state index in [9.17, 15) is 4.39 Å². The zero-order chi connectivity index (χ0) is 18.7. The van der Waals surface area contributed by atoms with Crippen LogP contribution < -0.4 is 5.32 Å². The number of nitrogens with one attached hydrogen (secondary N) is 1. The third kappa shape index (κ3) is 3.46. The van der Waals surface area contributed by atoms with Crippen molar-refractivity contribution in [2.75, 3.05) is 5.32 Å². The summed E-state index contributed by atoms with van der Waals surface area (Å²) in [5.41, 5.74) is 6.01. The van der Waals surface area contributed by atoms with Crippen molar-refractivity contribution < 1.29 is 4.39 Å². The summed E-state index contributed by atoms with van der Waals surface area (Å²) < 4.78 is 15.7. The monoisotopic (exact) mass is 353 g/mol. The summed E-state index contributed by atoms with van der Waals surface area (Å²) in [7, 11) is 0. The molecule has 0 spiro atoms. The van der Waals surface area contributed by atoms with Gasteiger partial charge >= 0.3 is 0 Å². The Balaban J connectivity index is 2.01. The smallest absolute Gasteiger partial charge is 0.150 e. The van der Waals surface area contributed by atoms with Crippen molar-refractivity contribution in [2.24, 2.45) is 0 Å². The average molecular weight is 353 g/mol. The quantitative estimate of drug-likeness (QED) is 0.584. The third-order valence-electron chi connectivity index (χ3n) is 5.06. The number of aryl methyl sites for hydroxylation is 3. The molecule has 0 aliphatic carbocycles. The Morgan fingerprint density at radius 3 is 2.62 bits per heavy atom. The van der Waals surface area contributed by atoms with Crippen molar-refractivity contribution >= 4 is 16.7 Å². The van der Waals surface area contributed by atoms with Gasteiger partial charge in [-0.25, -0.2) is 9.37 Å². The van der Waals surface area contributed by atoms with Crippen LogP contribution in [0.5, 0.6) is 0 Å². The topological polar surface area (TPSA) is 29.9 Å². The molecule has 0 aliphatic heterocycles. The molecule has 1 N–H and O–H groups in total. The van der Waals surface area contributed by atoms with Gasteiger partial charge < -0.3 is 9.88 Å². The van der Waals surface area contributed by atoms with Gasteiger partial charge in [-0.05, 0) is 61.6 Å². The first-order valence-corrected chi connectivity index (χ1v) is 9.52. The fraction of sp³-hybridized carbons (Fsp3) is 0.409. The molecule has 0 bridgehead atoms. The number of aromatic nitrogens is 2. The van der Waals surface area contributed by atoms with Crippen molar-refractivity contribution in [1.82, 2.24) is 9.55 Å². The first-order chi connectivity index (χ1) is 12.6. The molecule has 0 saturated carbocycles. The zero-order valence-corrected chi connectivity index (χ0v) is 16.2. The summed E-state index contributed by atoms with van der Waals surface area (Å²) in [6, 6.07) is 7.07. The Labute approximate surface area is 155 Å². The molecule has 0 radical (unpaired) electrons. The summed E-state index contributed by atoms with van der Waals surface area (Å²) in [5, 5.41) is 4.79. The van der Waals surface area contributed by atoms with Gasteiger partial charge in [0.1, 0.15) is 5.82 Å². The maximum Gasteiger partial charge on any atom is 0.150 e. The molecule has 0 fully saturated rings. The fourth-order valence-corrected chi connectivity index (χ4v) is 3.73. The molecule has 1 aromatic carbocycles. The van der Waals surface area contributed by atoms with E-state index in [1.54, 1.807) is 6.07 Å². The third-order valence-corrected chi connectivity index (χ3v) is 5.06. The Hall–Kier alpha value is -2.36. The molecule has 0 amide bonds. The van der Waals surface area contributed by atoms with E-state index >= 15 is 0 Å². The molecule has 2 aromatic heterocycles. The van der Waals surface area contributed by atoms with E-state index in [1.807, 2.05) is 19.2 Å². The molecule has 138 valence electrons. The van der Waals surface area contributed by atoms with Crippen LogP contribution in [-0.4, -0.2) is 9.55 Å². The number of nitrogens with zero attached hydrogens (tertiary/aromatic N) is 2. The summed E-state index contributed by atoms with van der Waals surface area (Å²) in [6.07, 6.45) is 5.18. The highest BCUT2D eigenvalue weighted by molar-refractivity contribution is 5.93. The van der Waals surface area contributed by atoms with Crippen LogP contribution in [0, 0.1) is 19.7 Å². The number of hydrogen-bond donors (Lipinski definition) is 1. The summed E-state index contributed by atoms with van der Waals surface area (Å²) in [4.78, 5) is 4.62. The van der Waals surface area contributed by atoms with Crippen LogP contribution >= 0.6 is 0 Å². The minimum absolute atomic E-state index is 0.192. The fourth-order valence-electron chi connectivity index (χ4n) is 3.73. The molecule has 0 atom stereocenters. The number of rotatable bonds is 7. The van der Waals surface area contributed by atoms with Crippen LogP contribution in [0.2, 0.25) is 0 Å². The van der Waals surface area contributed by atoms with Gasteiger partial charge in [0, 0.05) is 30.4 Å². The molecule has 26 heavy (non-hydrogen) atoms. The minimum atomic E-state index is -0.192. The van der Waals surface area contributed by atoms with Crippen molar-refractivity contribution in [3.63, 3.8) is 0 Å². The van der Waals surface area contributed by atoms with E-state index in [1.165, 1.54) is 28.2 Å². The maximum atomic E-state index is 13.3. The Morgan fingerprint density at radius 2 is 1.92 bits per heavy atom. The highest BCUT2D eigenvalue weighted by atomic mass is 19.1. The molecule has 3 rings (SSSR count).